The van der Waals surface area contributed by atoms with Gasteiger partial charge in [-0.1, -0.05) is 12.8 Å². The van der Waals surface area contributed by atoms with E-state index in [1.54, 1.807) is 10.9 Å². The lowest BCUT2D eigenvalue weighted by Crippen LogP contribution is -2.06. The Kier molecular flexibility index (Phi) is 3.04. The van der Waals surface area contributed by atoms with Gasteiger partial charge in [-0.2, -0.15) is 10.2 Å². The van der Waals surface area contributed by atoms with Crippen LogP contribution in [0.15, 0.2) is 24.7 Å². The van der Waals surface area contributed by atoms with E-state index in [-0.39, 0.29) is 0 Å². The summed E-state index contributed by atoms with van der Waals surface area (Å²) >= 11 is 0. The molecule has 2 aromatic heterocycles. The van der Waals surface area contributed by atoms with Crippen LogP contribution in [0.2, 0.25) is 0 Å². The maximum Gasteiger partial charge on any atom is 0.157 e. The minimum Gasteiger partial charge on any atom is -0.484 e. The van der Waals surface area contributed by atoms with Gasteiger partial charge in [0.25, 0.3) is 0 Å². The van der Waals surface area contributed by atoms with Crippen LogP contribution in [-0.4, -0.2) is 19.6 Å². The molecule has 5 heteroatoms. The fourth-order valence-electron chi connectivity index (χ4n) is 2.46. The summed E-state index contributed by atoms with van der Waals surface area (Å²) in [5.74, 6) is 0.785. The summed E-state index contributed by atoms with van der Waals surface area (Å²) in [5.41, 5.74) is 0.978. The minimum absolute atomic E-state index is 0.505. The predicted octanol–water partition coefficient (Wildman–Crippen LogP) is 2.31. The van der Waals surface area contributed by atoms with Crippen LogP contribution >= 0.6 is 0 Å². The molecule has 2 heterocycles. The summed E-state index contributed by atoms with van der Waals surface area (Å²) in [7, 11) is 1.88. The lowest BCUT2D eigenvalue weighted by molar-refractivity contribution is 0.297. The monoisotopic (exact) mass is 246 g/mol. The number of rotatable bonds is 4. The highest BCUT2D eigenvalue weighted by Crippen LogP contribution is 2.28. The zero-order chi connectivity index (χ0) is 12.4. The number of ether oxygens (including phenoxy) is 1. The first-order chi connectivity index (χ1) is 8.81. The molecule has 0 spiro atoms. The van der Waals surface area contributed by atoms with Gasteiger partial charge in [-0.15, -0.1) is 0 Å². The van der Waals surface area contributed by atoms with Crippen LogP contribution in [0.25, 0.3) is 0 Å². The molecule has 0 amide bonds. The SMILES string of the molecule is Cn1cc(OCc2ccn(C3CCCC3)n2)cn1. The summed E-state index contributed by atoms with van der Waals surface area (Å²) in [6.45, 7) is 0.505. The molecule has 0 saturated heterocycles. The second-order valence-corrected chi connectivity index (χ2v) is 4.86. The number of hydrogen-bond acceptors (Lipinski definition) is 3. The Hall–Kier alpha value is -1.78. The minimum atomic E-state index is 0.505. The van der Waals surface area contributed by atoms with E-state index in [1.807, 2.05) is 19.3 Å². The third-order valence-electron chi connectivity index (χ3n) is 3.43. The summed E-state index contributed by atoms with van der Waals surface area (Å²) in [4.78, 5) is 0. The van der Waals surface area contributed by atoms with Crippen molar-refractivity contribution >= 4 is 0 Å². The Morgan fingerprint density at radius 3 is 2.94 bits per heavy atom. The zero-order valence-corrected chi connectivity index (χ0v) is 10.6. The predicted molar refractivity (Wildman–Crippen MR) is 67.3 cm³/mol. The van der Waals surface area contributed by atoms with Crippen molar-refractivity contribution in [1.82, 2.24) is 19.6 Å². The first-order valence-electron chi connectivity index (χ1n) is 6.47. The van der Waals surface area contributed by atoms with Crippen molar-refractivity contribution in [3.63, 3.8) is 0 Å². The van der Waals surface area contributed by atoms with Gasteiger partial charge in [0.05, 0.1) is 24.1 Å². The van der Waals surface area contributed by atoms with Gasteiger partial charge in [0, 0.05) is 13.2 Å². The molecule has 2 aromatic rings. The van der Waals surface area contributed by atoms with E-state index >= 15 is 0 Å². The largest absolute Gasteiger partial charge is 0.484 e. The van der Waals surface area contributed by atoms with E-state index in [2.05, 4.69) is 21.1 Å². The second-order valence-electron chi connectivity index (χ2n) is 4.86. The van der Waals surface area contributed by atoms with Crippen LogP contribution in [-0.2, 0) is 13.7 Å². The molecule has 18 heavy (non-hydrogen) atoms. The molecule has 1 aliphatic carbocycles. The molecule has 1 fully saturated rings. The highest BCUT2D eigenvalue weighted by atomic mass is 16.5. The normalized spacial score (nSPS) is 16.3. The molecule has 1 aliphatic rings. The average molecular weight is 246 g/mol. The first-order valence-corrected chi connectivity index (χ1v) is 6.47. The molecular formula is C13H18N4O. The first kappa shape index (κ1) is 11.3. The van der Waals surface area contributed by atoms with E-state index < -0.39 is 0 Å². The third kappa shape index (κ3) is 2.39. The topological polar surface area (TPSA) is 44.9 Å². The quantitative estimate of drug-likeness (QED) is 0.831. The van der Waals surface area contributed by atoms with Gasteiger partial charge in [0.15, 0.2) is 5.75 Å². The molecule has 0 unspecified atom stereocenters. The molecule has 1 saturated carbocycles. The standard InChI is InChI=1S/C13H18N4O/c1-16-9-13(8-14-16)18-10-11-6-7-17(15-11)12-4-2-3-5-12/h6-9,12H,2-5,10H2,1H3. The van der Waals surface area contributed by atoms with Crippen molar-refractivity contribution < 1.29 is 4.74 Å². The summed E-state index contributed by atoms with van der Waals surface area (Å²) in [5, 5.41) is 8.64. The number of aryl methyl sites for hydroxylation is 1. The Morgan fingerprint density at radius 1 is 1.39 bits per heavy atom. The Balaban J connectivity index is 1.59. The number of nitrogens with zero attached hydrogens (tertiary/aromatic N) is 4. The number of aromatic nitrogens is 4. The van der Waals surface area contributed by atoms with Crippen molar-refractivity contribution in [3.8, 4) is 5.75 Å². The van der Waals surface area contributed by atoms with Gasteiger partial charge in [-0.05, 0) is 18.9 Å². The van der Waals surface area contributed by atoms with Crippen LogP contribution < -0.4 is 4.74 Å². The van der Waals surface area contributed by atoms with E-state index in [0.717, 1.165) is 11.4 Å². The van der Waals surface area contributed by atoms with Crippen molar-refractivity contribution in [1.29, 1.82) is 0 Å². The molecule has 3 rings (SSSR count). The van der Waals surface area contributed by atoms with Crippen LogP contribution in [0, 0.1) is 0 Å². The van der Waals surface area contributed by atoms with Gasteiger partial charge >= 0.3 is 0 Å². The molecule has 96 valence electrons. The Labute approximate surface area is 106 Å². The van der Waals surface area contributed by atoms with Crippen LogP contribution in [0.3, 0.4) is 0 Å². The molecule has 0 atom stereocenters. The summed E-state index contributed by atoms with van der Waals surface area (Å²) in [6.07, 6.45) is 10.8. The van der Waals surface area contributed by atoms with Crippen molar-refractivity contribution in [3.05, 3.63) is 30.4 Å². The molecule has 5 nitrogen and oxygen atoms in total. The van der Waals surface area contributed by atoms with E-state index in [4.69, 9.17) is 4.74 Å². The van der Waals surface area contributed by atoms with E-state index in [1.165, 1.54) is 25.7 Å². The smallest absolute Gasteiger partial charge is 0.157 e. The molecule has 0 aliphatic heterocycles. The maximum atomic E-state index is 5.63. The van der Waals surface area contributed by atoms with E-state index in [9.17, 15) is 0 Å². The van der Waals surface area contributed by atoms with Gasteiger partial charge in [0.1, 0.15) is 6.61 Å². The van der Waals surface area contributed by atoms with Gasteiger partial charge in [-0.25, -0.2) is 0 Å². The summed E-state index contributed by atoms with van der Waals surface area (Å²) in [6, 6.07) is 2.63. The van der Waals surface area contributed by atoms with Crippen LogP contribution in [0.5, 0.6) is 5.75 Å². The highest BCUT2D eigenvalue weighted by Gasteiger charge is 2.17. The van der Waals surface area contributed by atoms with Gasteiger partial charge in [-0.3, -0.25) is 9.36 Å². The van der Waals surface area contributed by atoms with Crippen molar-refractivity contribution in [2.24, 2.45) is 7.05 Å². The van der Waals surface area contributed by atoms with Crippen molar-refractivity contribution in [2.75, 3.05) is 0 Å². The lowest BCUT2D eigenvalue weighted by Gasteiger charge is -2.08. The fourth-order valence-corrected chi connectivity index (χ4v) is 2.46. The molecular weight excluding hydrogens is 228 g/mol. The second kappa shape index (κ2) is 4.84. The van der Waals surface area contributed by atoms with Gasteiger partial charge < -0.3 is 4.74 Å². The zero-order valence-electron chi connectivity index (χ0n) is 10.6. The van der Waals surface area contributed by atoms with Crippen molar-refractivity contribution in [2.45, 2.75) is 38.3 Å². The maximum absolute atomic E-state index is 5.63. The molecule has 0 aromatic carbocycles. The van der Waals surface area contributed by atoms with Crippen LogP contribution in [0.4, 0.5) is 0 Å². The van der Waals surface area contributed by atoms with Gasteiger partial charge in [0.2, 0.25) is 0 Å². The Bertz CT molecular complexity index is 511. The highest BCUT2D eigenvalue weighted by molar-refractivity contribution is 5.12. The van der Waals surface area contributed by atoms with Crippen LogP contribution in [0.1, 0.15) is 37.4 Å². The Morgan fingerprint density at radius 2 is 2.22 bits per heavy atom. The lowest BCUT2D eigenvalue weighted by atomic mass is 10.3. The molecule has 0 N–H and O–H groups in total. The molecule has 0 bridgehead atoms. The number of hydrogen-bond donors (Lipinski definition) is 0. The molecule has 0 radical (unpaired) electrons. The van der Waals surface area contributed by atoms with E-state index in [0.29, 0.717) is 12.6 Å². The summed E-state index contributed by atoms with van der Waals surface area (Å²) < 4.78 is 9.45. The average Bonchev–Trinajstić information content (AvgIpc) is 3.07. The fraction of sp³-hybridized carbons (Fsp3) is 0.538. The third-order valence-corrected chi connectivity index (χ3v) is 3.43.